The highest BCUT2D eigenvalue weighted by Gasteiger charge is 2.44. The molecule has 31 heteroatoms. The summed E-state index contributed by atoms with van der Waals surface area (Å²) in [4.78, 5) is 107. The van der Waals surface area contributed by atoms with Crippen molar-refractivity contribution in [3.63, 3.8) is 0 Å². The number of unbranched alkanes of at least 4 members (excludes halogenated alkanes) is 1. The molecule has 2 rings (SSSR count). The number of imide groups is 1. The number of ether oxygens (including phenoxy) is 5. The minimum absolute atomic E-state index is 0.000967. The van der Waals surface area contributed by atoms with E-state index in [1.807, 2.05) is 34.6 Å². The molecule has 2 fully saturated rings. The van der Waals surface area contributed by atoms with Gasteiger partial charge in [0, 0.05) is 76.5 Å². The Labute approximate surface area is 505 Å². The molecule has 0 aromatic rings. The number of carbonyl (C=O) groups is 7. The van der Waals surface area contributed by atoms with Crippen LogP contribution in [-0.4, -0.2) is 216 Å². The highest BCUT2D eigenvalue weighted by Crippen LogP contribution is 2.51. The second kappa shape index (κ2) is 40.7. The molecule has 2 heterocycles. The standard InChI is InChI=1S/C49H86BrCl2IN7O18PS/c1-6-7-19-54-38(61)13-24-72-31-49(32-73-25-14-39(62)55-20-8-17-51,33-74-26-15-40(63)56-21-9-18-52)58-42(65)11-16-48(4,5)75-29-35(34(2)3)57-41(64)12-22-59-43(66)28-37(46(59)68)80-27-10-23-76-60-45(67)36(30-77-79(53,70)71)78-44(50)47(60)69/h34-37,44-45,47,67,69H,6-33H2,1-5H3,(H,54,61)(H,55,62)(H,56,63)(H,57,64)(H,58,65)(H,70,71). The number of halogens is 4. The number of hydrogen-bond donors (Lipinski definition) is 8. The van der Waals surface area contributed by atoms with E-state index in [-0.39, 0.29) is 128 Å². The van der Waals surface area contributed by atoms with Gasteiger partial charge in [-0.3, -0.25) is 47.8 Å². The molecule has 2 saturated heterocycles. The van der Waals surface area contributed by atoms with Crippen LogP contribution in [0.3, 0.4) is 0 Å². The van der Waals surface area contributed by atoms with Crippen LogP contribution in [-0.2, 0) is 71.2 Å². The van der Waals surface area contributed by atoms with Crippen molar-refractivity contribution in [2.75, 3.05) is 103 Å². The number of morpholine rings is 1. The van der Waals surface area contributed by atoms with Crippen LogP contribution in [0.4, 0.5) is 0 Å². The van der Waals surface area contributed by atoms with E-state index in [0.717, 1.165) is 22.8 Å². The molecule has 7 unspecified atom stereocenters. The average Bonchev–Trinajstić information content (AvgIpc) is 3.66. The molecule has 0 spiro atoms. The molecule has 8 N–H and O–H groups in total. The van der Waals surface area contributed by atoms with Gasteiger partial charge in [0.2, 0.25) is 41.4 Å². The van der Waals surface area contributed by atoms with Crippen molar-refractivity contribution < 1.29 is 86.3 Å². The molecular weight excluding hydrogens is 1320 g/mol. The number of aliphatic hydroxyl groups is 2. The Morgan fingerprint density at radius 3 is 1.89 bits per heavy atom. The van der Waals surface area contributed by atoms with Gasteiger partial charge in [-0.05, 0) is 57.6 Å². The van der Waals surface area contributed by atoms with Crippen molar-refractivity contribution in [1.82, 2.24) is 36.5 Å². The predicted octanol–water partition coefficient (Wildman–Crippen LogP) is 3.37. The van der Waals surface area contributed by atoms with Crippen molar-refractivity contribution in [1.29, 1.82) is 0 Å². The first-order valence-electron chi connectivity index (χ1n) is 27.0. The number of thioether (sulfide) groups is 1. The number of likely N-dealkylation sites (tertiary alicyclic amines) is 1. The zero-order chi connectivity index (χ0) is 59.7. The lowest BCUT2D eigenvalue weighted by Gasteiger charge is -2.42. The number of amides is 7. The normalized spacial score (nSPS) is 20.2. The summed E-state index contributed by atoms with van der Waals surface area (Å²) in [7, 11) is 0. The summed E-state index contributed by atoms with van der Waals surface area (Å²) < 4.78 is 46.1. The van der Waals surface area contributed by atoms with Gasteiger partial charge in [-0.25, -0.2) is 4.57 Å². The van der Waals surface area contributed by atoms with Crippen LogP contribution in [0, 0.1) is 5.92 Å². The average molecular weight is 1400 g/mol. The number of hydroxylamine groups is 2. The van der Waals surface area contributed by atoms with Crippen molar-refractivity contribution in [3.05, 3.63) is 0 Å². The fourth-order valence-corrected chi connectivity index (χ4v) is 10.2. The van der Waals surface area contributed by atoms with E-state index >= 15 is 0 Å². The number of nitrogens with one attached hydrogen (secondary N) is 5. The number of rotatable bonds is 45. The van der Waals surface area contributed by atoms with Crippen molar-refractivity contribution >= 4 is 120 Å². The molecule has 0 saturated carbocycles. The van der Waals surface area contributed by atoms with Gasteiger partial charge in [-0.1, -0.05) is 43.1 Å². The Morgan fingerprint density at radius 2 is 1.38 bits per heavy atom. The maximum atomic E-state index is 13.9. The lowest BCUT2D eigenvalue weighted by Crippen LogP contribution is -2.60. The third-order valence-electron chi connectivity index (χ3n) is 12.2. The van der Waals surface area contributed by atoms with Crippen LogP contribution >= 0.6 is 78.2 Å². The van der Waals surface area contributed by atoms with E-state index in [4.69, 9.17) is 56.2 Å². The predicted molar refractivity (Wildman–Crippen MR) is 312 cm³/mol. The number of alkyl halides is 3. The Morgan fingerprint density at radius 1 is 0.825 bits per heavy atom. The van der Waals surface area contributed by atoms with E-state index in [0.29, 0.717) is 56.4 Å². The monoisotopic (exact) mass is 1400 g/mol. The second-order valence-electron chi connectivity index (χ2n) is 20.1. The van der Waals surface area contributed by atoms with E-state index in [1.54, 1.807) is 0 Å². The Bertz CT molecular complexity index is 1870. The van der Waals surface area contributed by atoms with Gasteiger partial charge in [-0.2, -0.15) is 0 Å². The summed E-state index contributed by atoms with van der Waals surface area (Å²) in [6, 6.07) is -0.474. The van der Waals surface area contributed by atoms with Crippen molar-refractivity contribution in [2.45, 2.75) is 158 Å². The van der Waals surface area contributed by atoms with Gasteiger partial charge in [-0.15, -0.1) is 40.0 Å². The molecule has 7 amide bonds. The molecule has 7 atom stereocenters. The SMILES string of the molecule is CCCCNC(=O)CCOCC(COCCC(=O)NCCCCl)(COCCC(=O)NCCCCl)NC(=O)CCC(C)(C)OCC(NC(=O)CCN1C(=O)CC(SCCCON2C(O)C(Br)OC(COP(=O)(O)I)C2O)C1=O)C(C)C. The molecule has 464 valence electrons. The zero-order valence-corrected chi connectivity index (χ0v) is 53.5. The van der Waals surface area contributed by atoms with Crippen LogP contribution in [0.15, 0.2) is 0 Å². The molecule has 80 heavy (non-hydrogen) atoms. The van der Waals surface area contributed by atoms with E-state index < -0.39 is 81.5 Å². The van der Waals surface area contributed by atoms with Crippen LogP contribution in [0.5, 0.6) is 0 Å². The molecule has 0 aromatic heterocycles. The van der Waals surface area contributed by atoms with Crippen LogP contribution in [0.1, 0.15) is 112 Å². The molecule has 2 aliphatic heterocycles. The summed E-state index contributed by atoms with van der Waals surface area (Å²) in [6.07, 6.45) is -0.653. The summed E-state index contributed by atoms with van der Waals surface area (Å²) in [5, 5.41) is 30.8. The van der Waals surface area contributed by atoms with Crippen LogP contribution in [0.2, 0.25) is 0 Å². The van der Waals surface area contributed by atoms with Crippen LogP contribution in [0.25, 0.3) is 0 Å². The third kappa shape index (κ3) is 31.5. The summed E-state index contributed by atoms with van der Waals surface area (Å²) in [6.45, 7) is 9.92. The van der Waals surface area contributed by atoms with E-state index in [1.165, 1.54) is 33.8 Å². The van der Waals surface area contributed by atoms with Crippen LogP contribution < -0.4 is 26.6 Å². The van der Waals surface area contributed by atoms with Gasteiger partial charge in [0.1, 0.15) is 11.6 Å². The minimum atomic E-state index is -3.90. The smallest absolute Gasteiger partial charge is 0.378 e. The lowest BCUT2D eigenvalue weighted by molar-refractivity contribution is -0.364. The first kappa shape index (κ1) is 74.5. The third-order valence-corrected chi connectivity index (χ3v) is 16.1. The fraction of sp³-hybridized carbons (Fsp3) is 0.857. The van der Waals surface area contributed by atoms with Gasteiger partial charge < -0.3 is 65.4 Å². The Balaban J connectivity index is 2.00. The molecule has 2 aliphatic rings. The number of aliphatic hydroxyl groups excluding tert-OH is 2. The van der Waals surface area contributed by atoms with E-state index in [2.05, 4.69) is 42.5 Å². The first-order valence-corrected chi connectivity index (χ1v) is 34.3. The summed E-state index contributed by atoms with van der Waals surface area (Å²) >= 11 is 17.1. The molecule has 0 aromatic carbocycles. The Hall–Kier alpha value is -1.58. The topological polar surface area (TPSA) is 328 Å². The molecule has 0 aliphatic carbocycles. The largest absolute Gasteiger partial charge is 0.386 e. The second-order valence-corrected chi connectivity index (χ2v) is 27.8. The molecule has 0 radical (unpaired) electrons. The maximum absolute atomic E-state index is 13.9. The zero-order valence-electron chi connectivity index (χ0n) is 46.6. The maximum Gasteiger partial charge on any atom is 0.386 e. The quantitative estimate of drug-likeness (QED) is 0.0142. The van der Waals surface area contributed by atoms with Gasteiger partial charge in [0.15, 0.2) is 17.5 Å². The first-order chi connectivity index (χ1) is 37.9. The number of carbonyl (C=O) groups excluding carboxylic acids is 7. The van der Waals surface area contributed by atoms with E-state index in [9.17, 15) is 53.2 Å². The Kier molecular flexibility index (Phi) is 37.9. The van der Waals surface area contributed by atoms with Gasteiger partial charge in [0.25, 0.3) is 0 Å². The minimum Gasteiger partial charge on any atom is -0.378 e. The van der Waals surface area contributed by atoms with Gasteiger partial charge >= 0.3 is 5.24 Å². The molecule has 25 nitrogen and oxygen atoms in total. The summed E-state index contributed by atoms with van der Waals surface area (Å²) in [5.74, 6) is -1.23. The summed E-state index contributed by atoms with van der Waals surface area (Å²) in [5.41, 5.74) is -2.19. The highest BCUT2D eigenvalue weighted by molar-refractivity contribution is 14.2. The number of hydrogen-bond acceptors (Lipinski definition) is 19. The fourth-order valence-electron chi connectivity index (χ4n) is 7.50. The van der Waals surface area contributed by atoms with Gasteiger partial charge in [0.05, 0.1) is 98.4 Å². The lowest BCUT2D eigenvalue weighted by atomic mass is 9.99. The van der Waals surface area contributed by atoms with Crippen molar-refractivity contribution in [3.8, 4) is 0 Å². The number of nitrogens with zero attached hydrogens (tertiary/aromatic N) is 2. The molecular formula is C49H86BrCl2IN7O18PS. The molecule has 0 bridgehead atoms. The highest BCUT2D eigenvalue weighted by atomic mass is 127. The van der Waals surface area contributed by atoms with Crippen molar-refractivity contribution in [2.24, 2.45) is 5.92 Å².